The van der Waals surface area contributed by atoms with Crippen molar-refractivity contribution in [1.82, 2.24) is 4.90 Å². The first-order chi connectivity index (χ1) is 17.3. The predicted molar refractivity (Wildman–Crippen MR) is 134 cm³/mol. The van der Waals surface area contributed by atoms with Crippen LogP contribution in [0.4, 0.5) is 4.39 Å². The van der Waals surface area contributed by atoms with Crippen molar-refractivity contribution in [2.45, 2.75) is 63.8 Å². The molecule has 8 atom stereocenters. The van der Waals surface area contributed by atoms with E-state index in [0.29, 0.717) is 37.0 Å². The van der Waals surface area contributed by atoms with Crippen LogP contribution in [0.5, 0.6) is 0 Å². The van der Waals surface area contributed by atoms with Gasteiger partial charge in [0.05, 0.1) is 11.7 Å². The van der Waals surface area contributed by atoms with E-state index in [1.807, 2.05) is 18.1 Å². The van der Waals surface area contributed by atoms with Crippen molar-refractivity contribution < 1.29 is 33.7 Å². The molecule has 0 aromatic rings. The van der Waals surface area contributed by atoms with Gasteiger partial charge in [0.1, 0.15) is 5.60 Å². The van der Waals surface area contributed by atoms with E-state index in [-0.39, 0.29) is 18.1 Å². The maximum absolute atomic E-state index is 17.2. The molecular weight excluding hydrogens is 477 g/mol. The van der Waals surface area contributed by atoms with E-state index in [9.17, 15) is 24.6 Å². The van der Waals surface area contributed by atoms with Crippen molar-refractivity contribution >= 4 is 17.5 Å². The average molecular weight is 514 g/mol. The molecule has 1 aliphatic heterocycles. The summed E-state index contributed by atoms with van der Waals surface area (Å²) in [7, 11) is 1.82. The molecule has 1 heterocycles. The topological polar surface area (TPSA) is 104 Å². The van der Waals surface area contributed by atoms with Gasteiger partial charge < -0.3 is 19.8 Å². The number of hydrogen-bond donors (Lipinski definition) is 2. The number of carbonyl (C=O) groups excluding carboxylic acids is 3. The Hall–Kier alpha value is -2.58. The maximum atomic E-state index is 17.2. The van der Waals surface area contributed by atoms with Crippen LogP contribution in [-0.4, -0.2) is 70.2 Å². The van der Waals surface area contributed by atoms with Gasteiger partial charge >= 0.3 is 5.97 Å². The van der Waals surface area contributed by atoms with Crippen LogP contribution in [0.2, 0.25) is 0 Å². The van der Waals surface area contributed by atoms with Crippen molar-refractivity contribution in [3.63, 3.8) is 0 Å². The highest BCUT2D eigenvalue weighted by Crippen LogP contribution is 2.70. The highest BCUT2D eigenvalue weighted by molar-refractivity contribution is 6.01. The van der Waals surface area contributed by atoms with Crippen LogP contribution in [0.3, 0.4) is 0 Å². The SMILES string of the molecule is CC1C[C@H]2[C@@H]3CCC4=CC(=O)C=C[C@]4(C)[C@@]3(F)C(O)C[C@]2(C)[C@@]1(O)C(=O)COC(=O)C1=CC=CN(C)C1. The van der Waals surface area contributed by atoms with E-state index in [1.54, 1.807) is 39.0 Å². The van der Waals surface area contributed by atoms with E-state index in [1.165, 1.54) is 12.2 Å². The van der Waals surface area contributed by atoms with Gasteiger partial charge in [-0.2, -0.15) is 0 Å². The average Bonchev–Trinajstić information content (AvgIpc) is 3.05. The Morgan fingerprint density at radius 2 is 2.00 bits per heavy atom. The van der Waals surface area contributed by atoms with Gasteiger partial charge in [-0.05, 0) is 74.9 Å². The van der Waals surface area contributed by atoms with Gasteiger partial charge in [0.15, 0.2) is 18.1 Å². The van der Waals surface area contributed by atoms with Gasteiger partial charge in [0.25, 0.3) is 0 Å². The smallest absolute Gasteiger partial charge is 0.336 e. The number of hydrogen-bond acceptors (Lipinski definition) is 7. The molecule has 0 saturated heterocycles. The molecule has 2 unspecified atom stereocenters. The third-order valence-electron chi connectivity index (χ3n) is 10.3. The fourth-order valence-electron chi connectivity index (χ4n) is 8.29. The van der Waals surface area contributed by atoms with Gasteiger partial charge in [-0.15, -0.1) is 0 Å². The molecule has 8 heteroatoms. The lowest BCUT2D eigenvalue weighted by Gasteiger charge is -2.62. The summed E-state index contributed by atoms with van der Waals surface area (Å²) in [6.45, 7) is 5.03. The zero-order valence-electron chi connectivity index (χ0n) is 21.9. The van der Waals surface area contributed by atoms with Crippen molar-refractivity contribution in [3.05, 3.63) is 47.7 Å². The number of carbonyl (C=O) groups is 3. The molecule has 37 heavy (non-hydrogen) atoms. The highest BCUT2D eigenvalue weighted by Gasteiger charge is 2.75. The first-order valence-electron chi connectivity index (χ1n) is 13.1. The summed E-state index contributed by atoms with van der Waals surface area (Å²) in [4.78, 5) is 40.0. The Morgan fingerprint density at radius 1 is 1.27 bits per heavy atom. The largest absolute Gasteiger partial charge is 0.454 e. The molecule has 2 N–H and O–H groups in total. The number of aliphatic hydroxyl groups is 2. The normalized spacial score (nSPS) is 44.4. The summed E-state index contributed by atoms with van der Waals surface area (Å²) in [6, 6.07) is 0. The van der Waals surface area contributed by atoms with Crippen LogP contribution < -0.4 is 0 Å². The molecule has 0 aromatic carbocycles. The summed E-state index contributed by atoms with van der Waals surface area (Å²) in [5, 5.41) is 23.4. The zero-order chi connectivity index (χ0) is 27.0. The van der Waals surface area contributed by atoms with Gasteiger partial charge in [0, 0.05) is 30.3 Å². The number of fused-ring (bicyclic) bond motifs is 5. The molecule has 0 spiro atoms. The van der Waals surface area contributed by atoms with E-state index in [0.717, 1.165) is 0 Å². The third-order valence-corrected chi connectivity index (χ3v) is 10.3. The number of likely N-dealkylation sites (N-methyl/N-ethyl adjacent to an activating group) is 1. The number of esters is 1. The molecule has 3 saturated carbocycles. The second-order valence-corrected chi connectivity index (χ2v) is 12.1. The van der Waals surface area contributed by atoms with Crippen molar-refractivity contribution in [3.8, 4) is 0 Å². The number of aliphatic hydroxyl groups excluding tert-OH is 1. The fourth-order valence-corrected chi connectivity index (χ4v) is 8.29. The fraction of sp³-hybridized carbons (Fsp3) is 0.621. The van der Waals surface area contributed by atoms with Crippen LogP contribution in [0.1, 0.15) is 46.5 Å². The predicted octanol–water partition coefficient (Wildman–Crippen LogP) is 2.83. The third kappa shape index (κ3) is 3.41. The first-order valence-corrected chi connectivity index (χ1v) is 13.1. The molecule has 5 rings (SSSR count). The lowest BCUT2D eigenvalue weighted by Crippen LogP contribution is -2.69. The van der Waals surface area contributed by atoms with Crippen LogP contribution in [-0.2, 0) is 19.1 Å². The number of ketones is 2. The second kappa shape index (κ2) is 8.46. The number of ether oxygens (including phenoxy) is 1. The Labute approximate surface area is 216 Å². The van der Waals surface area contributed by atoms with E-state index in [4.69, 9.17) is 4.74 Å². The summed E-state index contributed by atoms with van der Waals surface area (Å²) >= 11 is 0. The van der Waals surface area contributed by atoms with Crippen molar-refractivity contribution in [2.24, 2.45) is 28.6 Å². The van der Waals surface area contributed by atoms with Crippen LogP contribution in [0, 0.1) is 28.6 Å². The lowest BCUT2D eigenvalue weighted by molar-refractivity contribution is -0.219. The van der Waals surface area contributed by atoms with Gasteiger partial charge in [-0.1, -0.05) is 25.5 Å². The van der Waals surface area contributed by atoms with Gasteiger partial charge in [-0.25, -0.2) is 9.18 Å². The molecule has 0 bridgehead atoms. The standard InChI is InChI=1S/C29H36FNO6/c1-17-12-22-21-8-7-19-13-20(32)9-10-26(19,2)28(21,30)23(33)14-27(22,3)29(17,36)24(34)16-37-25(35)18-6-5-11-31(4)15-18/h5-6,9-11,13,17,21-23,33,36H,7-8,12,14-16H2,1-4H3/t17?,21-,22-,23?,26-,27-,28-,29-/m0/s1. The Morgan fingerprint density at radius 3 is 2.70 bits per heavy atom. The van der Waals surface area contributed by atoms with Crippen molar-refractivity contribution in [2.75, 3.05) is 20.2 Å². The number of halogens is 1. The molecule has 4 aliphatic carbocycles. The summed E-state index contributed by atoms with van der Waals surface area (Å²) in [6.07, 6.45) is 9.38. The molecule has 0 radical (unpaired) electrons. The molecule has 7 nitrogen and oxygen atoms in total. The zero-order valence-corrected chi connectivity index (χ0v) is 21.9. The second-order valence-electron chi connectivity index (χ2n) is 12.1. The monoisotopic (exact) mass is 513 g/mol. The quantitative estimate of drug-likeness (QED) is 0.557. The molecular formula is C29H36FNO6. The number of Topliss-reactive ketones (excluding diaryl/α,β-unsaturated/α-hetero) is 1. The van der Waals surface area contributed by atoms with Crippen LogP contribution in [0.25, 0.3) is 0 Å². The number of allylic oxidation sites excluding steroid dienone is 6. The number of rotatable bonds is 4. The van der Waals surface area contributed by atoms with Gasteiger partial charge in [0.2, 0.25) is 5.78 Å². The first kappa shape index (κ1) is 26.0. The number of alkyl halides is 1. The molecule has 0 aromatic heterocycles. The summed E-state index contributed by atoms with van der Waals surface area (Å²) < 4.78 is 22.6. The minimum atomic E-state index is -2.04. The Kier molecular flexibility index (Phi) is 5.96. The minimum Gasteiger partial charge on any atom is -0.454 e. The molecule has 0 amide bonds. The molecule has 3 fully saturated rings. The van der Waals surface area contributed by atoms with E-state index < -0.39 is 58.4 Å². The van der Waals surface area contributed by atoms with E-state index in [2.05, 4.69) is 0 Å². The van der Waals surface area contributed by atoms with Crippen molar-refractivity contribution in [1.29, 1.82) is 0 Å². The Bertz CT molecular complexity index is 1170. The van der Waals surface area contributed by atoms with Gasteiger partial charge in [-0.3, -0.25) is 9.59 Å². The van der Waals surface area contributed by atoms with E-state index >= 15 is 4.39 Å². The summed E-state index contributed by atoms with van der Waals surface area (Å²) in [5.74, 6) is -2.92. The molecule has 200 valence electrons. The van der Waals surface area contributed by atoms with Crippen LogP contribution >= 0.6 is 0 Å². The number of nitrogens with zero attached hydrogens (tertiary/aromatic N) is 1. The Balaban J connectivity index is 1.42. The molecule has 5 aliphatic rings. The van der Waals surface area contributed by atoms with Crippen LogP contribution in [0.15, 0.2) is 47.7 Å². The summed E-state index contributed by atoms with van der Waals surface area (Å²) in [5.41, 5.74) is -5.07. The lowest BCUT2D eigenvalue weighted by atomic mass is 9.44. The maximum Gasteiger partial charge on any atom is 0.336 e. The highest BCUT2D eigenvalue weighted by atomic mass is 19.1. The minimum absolute atomic E-state index is 0.114.